The van der Waals surface area contributed by atoms with E-state index in [2.05, 4.69) is 21.0 Å². The molecule has 1 aromatic heterocycles. The van der Waals surface area contributed by atoms with E-state index in [1.165, 1.54) is 4.57 Å². The zero-order valence-corrected chi connectivity index (χ0v) is 12.8. The Morgan fingerprint density at radius 3 is 1.95 bits per heavy atom. The van der Waals surface area contributed by atoms with Crippen LogP contribution in [-0.2, 0) is 19.7 Å². The molecule has 2 saturated heterocycles. The predicted molar refractivity (Wildman–Crippen MR) is 69.6 cm³/mol. The zero-order valence-electron chi connectivity index (χ0n) is 9.56. The molecule has 0 saturated carbocycles. The van der Waals surface area contributed by atoms with Gasteiger partial charge in [-0.2, -0.15) is 0 Å². The first-order valence-electron chi connectivity index (χ1n) is 5.46. The average molecular weight is 372 g/mol. The van der Waals surface area contributed by atoms with Crippen LogP contribution >= 0.6 is 15.9 Å². The molecule has 0 aromatic carbocycles. The van der Waals surface area contributed by atoms with Crippen molar-refractivity contribution in [2.24, 2.45) is 0 Å². The average Bonchev–Trinajstić information content (AvgIpc) is 2.47. The minimum atomic E-state index is -3.05. The predicted octanol–water partition coefficient (Wildman–Crippen LogP) is -1.25. The Balaban J connectivity index is 1.92. The first kappa shape index (κ1) is 13.3. The lowest BCUT2D eigenvalue weighted by atomic mass is 10.3. The summed E-state index contributed by atoms with van der Waals surface area (Å²) in [6.07, 6.45) is 0. The van der Waals surface area contributed by atoms with Crippen LogP contribution in [0, 0.1) is 0 Å². The van der Waals surface area contributed by atoms with Crippen LogP contribution in [0.4, 0.5) is 0 Å². The van der Waals surface area contributed by atoms with E-state index in [0.717, 1.165) is 4.68 Å². The van der Waals surface area contributed by atoms with Gasteiger partial charge in [-0.15, -0.1) is 5.10 Å². The van der Waals surface area contributed by atoms with E-state index in [4.69, 9.17) is 0 Å². The summed E-state index contributed by atoms with van der Waals surface area (Å²) in [5.74, 6) is -0.362. The summed E-state index contributed by atoms with van der Waals surface area (Å²) in [7, 11) is -6.10. The first-order valence-corrected chi connectivity index (χ1v) is 9.89. The van der Waals surface area contributed by atoms with Crippen LogP contribution in [-0.4, -0.2) is 54.2 Å². The Morgan fingerprint density at radius 1 is 1.00 bits per heavy atom. The van der Waals surface area contributed by atoms with E-state index in [9.17, 15) is 21.6 Å². The fourth-order valence-corrected chi connectivity index (χ4v) is 5.62. The molecule has 0 spiro atoms. The molecule has 2 fully saturated rings. The third kappa shape index (κ3) is 2.17. The Kier molecular flexibility index (Phi) is 2.74. The highest BCUT2D eigenvalue weighted by molar-refractivity contribution is 9.10. The van der Waals surface area contributed by atoms with E-state index in [1.807, 2.05) is 0 Å². The summed E-state index contributed by atoms with van der Waals surface area (Å²) < 4.78 is 47.2. The molecule has 0 aliphatic carbocycles. The van der Waals surface area contributed by atoms with Gasteiger partial charge in [-0.05, 0) is 15.9 Å². The largest absolute Gasteiger partial charge is 0.347 e. The van der Waals surface area contributed by atoms with Crippen molar-refractivity contribution < 1.29 is 16.8 Å². The summed E-state index contributed by atoms with van der Waals surface area (Å²) in [6, 6.07) is -0.871. The Hall–Kier alpha value is -0.680. The molecule has 0 unspecified atom stereocenters. The van der Waals surface area contributed by atoms with Gasteiger partial charge in [0.05, 0.1) is 35.1 Å². The van der Waals surface area contributed by atoms with E-state index >= 15 is 0 Å². The number of rotatable bonds is 2. The third-order valence-electron chi connectivity index (χ3n) is 3.29. The minimum absolute atomic E-state index is 0.0832. The molecule has 0 N–H and O–H groups in total. The van der Waals surface area contributed by atoms with Gasteiger partial charge in [-0.3, -0.25) is 4.57 Å². The van der Waals surface area contributed by atoms with Gasteiger partial charge in [0.2, 0.25) is 4.73 Å². The van der Waals surface area contributed by atoms with Crippen molar-refractivity contribution in [3.63, 3.8) is 0 Å². The number of hydrogen-bond donors (Lipinski definition) is 0. The van der Waals surface area contributed by atoms with Gasteiger partial charge in [-0.25, -0.2) is 26.3 Å². The summed E-state index contributed by atoms with van der Waals surface area (Å²) in [5, 5.41) is 3.97. The number of nitrogens with zero attached hydrogens (tertiary/aromatic N) is 3. The normalized spacial score (nSPS) is 25.7. The fourth-order valence-electron chi connectivity index (χ4n) is 2.28. The van der Waals surface area contributed by atoms with Gasteiger partial charge in [0.15, 0.2) is 19.7 Å². The molecule has 0 bridgehead atoms. The molecule has 1 aromatic rings. The van der Waals surface area contributed by atoms with Crippen molar-refractivity contribution in [2.75, 3.05) is 23.0 Å². The lowest BCUT2D eigenvalue weighted by molar-refractivity contribution is 0.446. The van der Waals surface area contributed by atoms with Gasteiger partial charge in [0, 0.05) is 0 Å². The summed E-state index contributed by atoms with van der Waals surface area (Å²) in [5.41, 5.74) is -0.466. The highest BCUT2D eigenvalue weighted by Gasteiger charge is 2.41. The van der Waals surface area contributed by atoms with Crippen LogP contribution in [0.1, 0.15) is 12.1 Å². The summed E-state index contributed by atoms with van der Waals surface area (Å²) >= 11 is 3.12. The van der Waals surface area contributed by atoms with Crippen LogP contribution in [0.5, 0.6) is 0 Å². The van der Waals surface area contributed by atoms with E-state index in [-0.39, 0.29) is 27.7 Å². The number of aromatic nitrogens is 3. The van der Waals surface area contributed by atoms with Crippen LogP contribution < -0.4 is 5.69 Å². The molecule has 3 rings (SSSR count). The van der Waals surface area contributed by atoms with Crippen molar-refractivity contribution in [2.45, 2.75) is 12.1 Å². The van der Waals surface area contributed by atoms with Gasteiger partial charge < -0.3 is 0 Å². The smallest absolute Gasteiger partial charge is 0.264 e. The van der Waals surface area contributed by atoms with Crippen molar-refractivity contribution >= 4 is 35.6 Å². The van der Waals surface area contributed by atoms with E-state index in [0.29, 0.717) is 0 Å². The SMILES string of the molecule is O=c1n(C2CS(=O)(=O)C2)nc(Br)n1C1CS(=O)(=O)C1. The topological polar surface area (TPSA) is 108 Å². The zero-order chi connectivity index (χ0) is 14.0. The summed E-state index contributed by atoms with van der Waals surface area (Å²) in [4.78, 5) is 12.1. The Morgan fingerprint density at radius 2 is 1.47 bits per heavy atom. The molecule has 19 heavy (non-hydrogen) atoms. The molecule has 0 amide bonds. The van der Waals surface area contributed by atoms with Crippen molar-refractivity contribution in [3.05, 3.63) is 15.2 Å². The van der Waals surface area contributed by atoms with Gasteiger partial charge in [-0.1, -0.05) is 0 Å². The molecular weight excluding hydrogens is 362 g/mol. The van der Waals surface area contributed by atoms with Gasteiger partial charge in [0.1, 0.15) is 0 Å². The maximum atomic E-state index is 12.1. The Labute approximate surface area is 117 Å². The van der Waals surface area contributed by atoms with E-state index in [1.54, 1.807) is 0 Å². The van der Waals surface area contributed by atoms with Crippen LogP contribution in [0.15, 0.2) is 9.53 Å². The van der Waals surface area contributed by atoms with Gasteiger partial charge in [0.25, 0.3) is 0 Å². The van der Waals surface area contributed by atoms with E-state index < -0.39 is 37.4 Å². The van der Waals surface area contributed by atoms with Crippen LogP contribution in [0.3, 0.4) is 0 Å². The second kappa shape index (κ2) is 3.92. The van der Waals surface area contributed by atoms with Gasteiger partial charge >= 0.3 is 5.69 Å². The molecule has 0 radical (unpaired) electrons. The molecule has 2 aliphatic heterocycles. The standard InChI is InChI=1S/C8H10BrN3O5S2/c9-7-10-12(6-3-19(16,17)4-6)8(13)11(7)5-1-18(14,15)2-5/h5-6H,1-4H2. The van der Waals surface area contributed by atoms with Crippen molar-refractivity contribution in [3.8, 4) is 0 Å². The molecule has 8 nitrogen and oxygen atoms in total. The minimum Gasteiger partial charge on any atom is -0.264 e. The fraction of sp³-hybridized carbons (Fsp3) is 0.750. The third-order valence-corrected chi connectivity index (χ3v) is 7.40. The molecule has 106 valence electrons. The highest BCUT2D eigenvalue weighted by Crippen LogP contribution is 2.27. The molecule has 3 heterocycles. The lowest BCUT2D eigenvalue weighted by Gasteiger charge is -2.27. The maximum Gasteiger partial charge on any atom is 0.347 e. The lowest BCUT2D eigenvalue weighted by Crippen LogP contribution is -2.46. The molecule has 0 atom stereocenters. The molecular formula is C8H10BrN3O5S2. The van der Waals surface area contributed by atoms with Crippen molar-refractivity contribution in [1.82, 2.24) is 14.3 Å². The first-order chi connectivity index (χ1) is 8.69. The van der Waals surface area contributed by atoms with Crippen LogP contribution in [0.2, 0.25) is 0 Å². The second-order valence-corrected chi connectivity index (χ2v) is 9.84. The quantitative estimate of drug-likeness (QED) is 0.642. The molecule has 2 aliphatic rings. The maximum absolute atomic E-state index is 12.1. The van der Waals surface area contributed by atoms with Crippen LogP contribution in [0.25, 0.3) is 0 Å². The highest BCUT2D eigenvalue weighted by atomic mass is 79.9. The number of sulfone groups is 2. The van der Waals surface area contributed by atoms with Crippen molar-refractivity contribution in [1.29, 1.82) is 0 Å². The second-order valence-electron chi connectivity index (χ2n) is 4.83. The number of hydrogen-bond acceptors (Lipinski definition) is 6. The monoisotopic (exact) mass is 371 g/mol. The number of halogens is 1. The Bertz CT molecular complexity index is 782. The molecule has 11 heteroatoms. The summed E-state index contributed by atoms with van der Waals surface area (Å²) in [6.45, 7) is 0.